The smallest absolute Gasteiger partial charge is 0.321 e. The molecule has 0 aromatic heterocycles. The number of carbonyl (C=O) groups is 1. The van der Waals surface area contributed by atoms with Crippen LogP contribution < -0.4 is 15.0 Å². The number of nitrogens with one attached hydrogen (secondary N) is 1. The summed E-state index contributed by atoms with van der Waals surface area (Å²) in [7, 11) is 1.58. The van der Waals surface area contributed by atoms with Gasteiger partial charge >= 0.3 is 6.03 Å². The number of nitrogens with zero attached hydrogens (tertiary/aromatic N) is 2. The number of halogens is 2. The van der Waals surface area contributed by atoms with Crippen LogP contribution in [0.2, 0.25) is 0 Å². The average Bonchev–Trinajstić information content (AvgIpc) is 2.65. The number of urea groups is 1. The van der Waals surface area contributed by atoms with Crippen LogP contribution in [-0.2, 0) is 0 Å². The molecule has 0 spiro atoms. The van der Waals surface area contributed by atoms with Crippen LogP contribution in [0.4, 0.5) is 25.0 Å². The van der Waals surface area contributed by atoms with E-state index in [4.69, 9.17) is 4.74 Å². The molecule has 5 nitrogen and oxygen atoms in total. The third-order valence-electron chi connectivity index (χ3n) is 4.18. The molecule has 7 heteroatoms. The van der Waals surface area contributed by atoms with E-state index in [-0.39, 0.29) is 6.03 Å². The molecule has 0 aliphatic carbocycles. The molecule has 2 amide bonds. The Balaban J connectivity index is 1.55. The van der Waals surface area contributed by atoms with Crippen molar-refractivity contribution in [2.24, 2.45) is 0 Å². The second-order valence-corrected chi connectivity index (χ2v) is 5.73. The van der Waals surface area contributed by atoms with E-state index in [2.05, 4.69) is 5.32 Å². The van der Waals surface area contributed by atoms with Crippen molar-refractivity contribution < 1.29 is 18.3 Å². The number of hydrogen-bond acceptors (Lipinski definition) is 3. The molecule has 2 aromatic rings. The van der Waals surface area contributed by atoms with E-state index >= 15 is 0 Å². The number of hydrogen-bond donors (Lipinski definition) is 1. The Morgan fingerprint density at radius 2 is 1.68 bits per heavy atom. The molecular formula is C18H19F2N3O2. The predicted octanol–water partition coefficient (Wildman–Crippen LogP) is 3.33. The van der Waals surface area contributed by atoms with Crippen molar-refractivity contribution in [3.63, 3.8) is 0 Å². The molecule has 25 heavy (non-hydrogen) atoms. The van der Waals surface area contributed by atoms with Crippen LogP contribution in [-0.4, -0.2) is 44.2 Å². The van der Waals surface area contributed by atoms with Gasteiger partial charge in [0, 0.05) is 43.6 Å². The Hall–Kier alpha value is -2.83. The SMILES string of the molecule is COc1ccc(NC(=O)N2CCN(c3ccc(F)c(F)c3)CC2)cc1. The summed E-state index contributed by atoms with van der Waals surface area (Å²) in [5, 5.41) is 2.84. The molecule has 1 saturated heterocycles. The van der Waals surface area contributed by atoms with Crippen LogP contribution in [0.3, 0.4) is 0 Å². The molecule has 132 valence electrons. The maximum atomic E-state index is 13.4. The molecule has 2 aromatic carbocycles. The highest BCUT2D eigenvalue weighted by atomic mass is 19.2. The fraction of sp³-hybridized carbons (Fsp3) is 0.278. The van der Waals surface area contributed by atoms with Gasteiger partial charge in [-0.05, 0) is 36.4 Å². The number of carbonyl (C=O) groups excluding carboxylic acids is 1. The summed E-state index contributed by atoms with van der Waals surface area (Å²) in [5.41, 5.74) is 1.31. The van der Waals surface area contributed by atoms with Gasteiger partial charge < -0.3 is 19.9 Å². The van der Waals surface area contributed by atoms with E-state index < -0.39 is 11.6 Å². The van der Waals surface area contributed by atoms with Crippen molar-refractivity contribution in [3.05, 3.63) is 54.1 Å². The Morgan fingerprint density at radius 3 is 2.28 bits per heavy atom. The minimum Gasteiger partial charge on any atom is -0.497 e. The number of benzene rings is 2. The first-order valence-corrected chi connectivity index (χ1v) is 7.97. The van der Waals surface area contributed by atoms with Crippen LogP contribution >= 0.6 is 0 Å². The first-order chi connectivity index (χ1) is 12.1. The molecule has 1 aliphatic heterocycles. The largest absolute Gasteiger partial charge is 0.497 e. The second-order valence-electron chi connectivity index (χ2n) is 5.73. The summed E-state index contributed by atoms with van der Waals surface area (Å²) in [6, 6.07) is 10.8. The van der Waals surface area contributed by atoms with E-state index in [1.807, 2.05) is 4.90 Å². The maximum Gasteiger partial charge on any atom is 0.321 e. The van der Waals surface area contributed by atoms with E-state index in [0.29, 0.717) is 37.6 Å². The van der Waals surface area contributed by atoms with E-state index in [9.17, 15) is 13.6 Å². The molecule has 0 saturated carbocycles. The van der Waals surface area contributed by atoms with Gasteiger partial charge in [0.2, 0.25) is 0 Å². The van der Waals surface area contributed by atoms with E-state index in [1.165, 1.54) is 6.07 Å². The molecule has 0 bridgehead atoms. The maximum absolute atomic E-state index is 13.4. The Morgan fingerprint density at radius 1 is 1.00 bits per heavy atom. The van der Waals surface area contributed by atoms with Gasteiger partial charge in [-0.2, -0.15) is 0 Å². The molecule has 0 unspecified atom stereocenters. The van der Waals surface area contributed by atoms with Crippen LogP contribution in [0.1, 0.15) is 0 Å². The molecule has 1 aliphatic rings. The van der Waals surface area contributed by atoms with E-state index in [0.717, 1.165) is 11.8 Å². The third-order valence-corrected chi connectivity index (χ3v) is 4.18. The lowest BCUT2D eigenvalue weighted by atomic mass is 10.2. The number of ether oxygens (including phenoxy) is 1. The van der Waals surface area contributed by atoms with Gasteiger partial charge in [0.15, 0.2) is 11.6 Å². The summed E-state index contributed by atoms with van der Waals surface area (Å²) in [5.74, 6) is -1.00. The van der Waals surface area contributed by atoms with Crippen LogP contribution in [0.5, 0.6) is 5.75 Å². The van der Waals surface area contributed by atoms with Crippen molar-refractivity contribution in [2.45, 2.75) is 0 Å². The second kappa shape index (κ2) is 7.38. The summed E-state index contributed by atoms with van der Waals surface area (Å²) < 4.78 is 31.5. The normalized spacial score (nSPS) is 14.4. The van der Waals surface area contributed by atoms with Gasteiger partial charge in [-0.1, -0.05) is 0 Å². The molecule has 0 radical (unpaired) electrons. The highest BCUT2D eigenvalue weighted by molar-refractivity contribution is 5.89. The highest BCUT2D eigenvalue weighted by Gasteiger charge is 2.22. The Bertz CT molecular complexity index is 744. The highest BCUT2D eigenvalue weighted by Crippen LogP contribution is 2.20. The zero-order valence-corrected chi connectivity index (χ0v) is 13.8. The molecular weight excluding hydrogens is 328 g/mol. The van der Waals surface area contributed by atoms with Crippen molar-refractivity contribution in [1.29, 1.82) is 0 Å². The lowest BCUT2D eigenvalue weighted by Crippen LogP contribution is -2.50. The lowest BCUT2D eigenvalue weighted by Gasteiger charge is -2.36. The molecule has 1 N–H and O–H groups in total. The first kappa shape index (κ1) is 17.0. The lowest BCUT2D eigenvalue weighted by molar-refractivity contribution is 0.208. The first-order valence-electron chi connectivity index (χ1n) is 7.97. The van der Waals surface area contributed by atoms with Gasteiger partial charge in [0.1, 0.15) is 5.75 Å². The van der Waals surface area contributed by atoms with Crippen molar-refractivity contribution >= 4 is 17.4 Å². The summed E-state index contributed by atoms with van der Waals surface area (Å²) >= 11 is 0. The zero-order chi connectivity index (χ0) is 17.8. The van der Waals surface area contributed by atoms with Gasteiger partial charge in [-0.3, -0.25) is 0 Å². The molecule has 0 atom stereocenters. The quantitative estimate of drug-likeness (QED) is 0.926. The van der Waals surface area contributed by atoms with Crippen molar-refractivity contribution in [3.8, 4) is 5.75 Å². The zero-order valence-electron chi connectivity index (χ0n) is 13.8. The van der Waals surface area contributed by atoms with Crippen molar-refractivity contribution in [2.75, 3.05) is 43.5 Å². The van der Waals surface area contributed by atoms with Crippen molar-refractivity contribution in [1.82, 2.24) is 4.90 Å². The summed E-state index contributed by atoms with van der Waals surface area (Å²) in [4.78, 5) is 15.9. The predicted molar refractivity (Wildman–Crippen MR) is 92.2 cm³/mol. The Labute approximate surface area is 144 Å². The van der Waals surface area contributed by atoms with Crippen LogP contribution in [0.25, 0.3) is 0 Å². The summed E-state index contributed by atoms with van der Waals surface area (Å²) in [6.45, 7) is 2.12. The number of anilines is 2. The fourth-order valence-corrected chi connectivity index (χ4v) is 2.73. The number of amides is 2. The summed E-state index contributed by atoms with van der Waals surface area (Å²) in [6.07, 6.45) is 0. The molecule has 3 rings (SSSR count). The van der Waals surface area contributed by atoms with Crippen LogP contribution in [0.15, 0.2) is 42.5 Å². The molecule has 1 heterocycles. The number of rotatable bonds is 3. The topological polar surface area (TPSA) is 44.8 Å². The standard InChI is InChI=1S/C18H19F2N3O2/c1-25-15-5-2-13(3-6-15)21-18(24)23-10-8-22(9-11-23)14-4-7-16(19)17(20)12-14/h2-7,12H,8-11H2,1H3,(H,21,24). The monoisotopic (exact) mass is 347 g/mol. The minimum absolute atomic E-state index is 0.185. The third kappa shape index (κ3) is 3.99. The van der Waals surface area contributed by atoms with E-state index in [1.54, 1.807) is 42.3 Å². The average molecular weight is 347 g/mol. The fourth-order valence-electron chi connectivity index (χ4n) is 2.73. The van der Waals surface area contributed by atoms with Gasteiger partial charge in [0.25, 0.3) is 0 Å². The number of methoxy groups -OCH3 is 1. The number of piperazine rings is 1. The van der Waals surface area contributed by atoms with Gasteiger partial charge in [-0.15, -0.1) is 0 Å². The minimum atomic E-state index is -0.864. The van der Waals surface area contributed by atoms with Gasteiger partial charge in [-0.25, -0.2) is 13.6 Å². The Kier molecular flexibility index (Phi) is 5.02. The molecule has 1 fully saturated rings. The van der Waals surface area contributed by atoms with Gasteiger partial charge in [0.05, 0.1) is 7.11 Å². The van der Waals surface area contributed by atoms with Crippen LogP contribution in [0, 0.1) is 11.6 Å².